The number of halogens is 2. The molecule has 0 aliphatic heterocycles. The van der Waals surface area contributed by atoms with Gasteiger partial charge < -0.3 is 14.6 Å². The van der Waals surface area contributed by atoms with Crippen LogP contribution in [0.1, 0.15) is 21.6 Å². The van der Waals surface area contributed by atoms with E-state index in [0.29, 0.717) is 18.8 Å². The molecular weight excluding hydrogens is 455 g/mol. The first-order valence-corrected chi connectivity index (χ1v) is 10.6. The van der Waals surface area contributed by atoms with Crippen molar-refractivity contribution in [2.45, 2.75) is 13.1 Å². The van der Waals surface area contributed by atoms with Gasteiger partial charge in [0.25, 0.3) is 5.91 Å². The second kappa shape index (κ2) is 8.39. The summed E-state index contributed by atoms with van der Waals surface area (Å²) in [4.78, 5) is 13.0. The van der Waals surface area contributed by atoms with Crippen molar-refractivity contribution in [2.75, 3.05) is 7.11 Å². The molecule has 2 aromatic heterocycles. The number of nitrogens with zero attached hydrogens (tertiary/aromatic N) is 1. The van der Waals surface area contributed by atoms with Crippen LogP contribution in [0.2, 0.25) is 0 Å². The van der Waals surface area contributed by atoms with Gasteiger partial charge in [0.1, 0.15) is 17.3 Å². The third kappa shape index (κ3) is 4.21. The maximum atomic E-state index is 13.1. The molecule has 0 saturated heterocycles. The summed E-state index contributed by atoms with van der Waals surface area (Å²) in [7, 11) is 1.64. The smallest absolute Gasteiger partial charge is 0.268 e. The third-order valence-electron chi connectivity index (χ3n) is 4.65. The lowest BCUT2D eigenvalue weighted by Crippen LogP contribution is -2.25. The number of hydrogen-bond donors (Lipinski definition) is 1. The quantitative estimate of drug-likeness (QED) is 0.397. The van der Waals surface area contributed by atoms with Crippen LogP contribution in [-0.4, -0.2) is 17.6 Å². The molecule has 0 aliphatic carbocycles. The Morgan fingerprint density at radius 3 is 2.72 bits per heavy atom. The molecule has 4 aromatic rings. The van der Waals surface area contributed by atoms with Gasteiger partial charge in [-0.05, 0) is 57.4 Å². The molecule has 1 N–H and O–H groups in total. The predicted octanol–water partition coefficient (Wildman–Crippen LogP) is 5.59. The number of carbonyl (C=O) groups excluding carboxylic acids is 1. The Morgan fingerprint density at radius 2 is 1.97 bits per heavy atom. The van der Waals surface area contributed by atoms with Crippen LogP contribution in [0.15, 0.2) is 64.5 Å². The van der Waals surface area contributed by atoms with Crippen molar-refractivity contribution >= 4 is 43.4 Å². The monoisotopic (exact) mass is 472 g/mol. The van der Waals surface area contributed by atoms with Gasteiger partial charge in [-0.1, -0.05) is 24.3 Å². The zero-order valence-corrected chi connectivity index (χ0v) is 18.0. The molecule has 0 spiro atoms. The van der Waals surface area contributed by atoms with Crippen LogP contribution in [0.4, 0.5) is 4.39 Å². The highest BCUT2D eigenvalue weighted by molar-refractivity contribution is 9.10. The van der Waals surface area contributed by atoms with Gasteiger partial charge in [0.15, 0.2) is 0 Å². The SMILES string of the molecule is COc1cccc(Cn2c(C(=O)NCc3ccc(F)cc3)cc3scc(Br)c32)c1. The number of ether oxygens (including phenoxy) is 1. The summed E-state index contributed by atoms with van der Waals surface area (Å²) in [6.45, 7) is 0.869. The van der Waals surface area contributed by atoms with Gasteiger partial charge in [0.05, 0.1) is 21.8 Å². The van der Waals surface area contributed by atoms with Crippen molar-refractivity contribution < 1.29 is 13.9 Å². The highest BCUT2D eigenvalue weighted by Gasteiger charge is 2.19. The number of aromatic nitrogens is 1. The minimum Gasteiger partial charge on any atom is -0.497 e. The molecule has 29 heavy (non-hydrogen) atoms. The van der Waals surface area contributed by atoms with Crippen molar-refractivity contribution in [3.8, 4) is 5.75 Å². The van der Waals surface area contributed by atoms with Crippen molar-refractivity contribution in [1.82, 2.24) is 9.88 Å². The van der Waals surface area contributed by atoms with Crippen LogP contribution in [0.5, 0.6) is 5.75 Å². The largest absolute Gasteiger partial charge is 0.497 e. The molecule has 4 nitrogen and oxygen atoms in total. The minimum absolute atomic E-state index is 0.174. The lowest BCUT2D eigenvalue weighted by atomic mass is 10.2. The molecule has 2 aromatic carbocycles. The summed E-state index contributed by atoms with van der Waals surface area (Å²) in [5.74, 6) is 0.308. The van der Waals surface area contributed by atoms with Gasteiger partial charge in [0, 0.05) is 18.5 Å². The van der Waals surface area contributed by atoms with Gasteiger partial charge in [-0.3, -0.25) is 4.79 Å². The van der Waals surface area contributed by atoms with E-state index in [4.69, 9.17) is 4.74 Å². The molecule has 0 fully saturated rings. The molecule has 0 unspecified atom stereocenters. The van der Waals surface area contributed by atoms with Gasteiger partial charge in [-0.2, -0.15) is 0 Å². The van der Waals surface area contributed by atoms with Gasteiger partial charge in [-0.15, -0.1) is 11.3 Å². The first-order chi connectivity index (χ1) is 14.0. The maximum Gasteiger partial charge on any atom is 0.268 e. The van der Waals surface area contributed by atoms with E-state index in [2.05, 4.69) is 21.2 Å². The lowest BCUT2D eigenvalue weighted by molar-refractivity contribution is 0.0942. The van der Waals surface area contributed by atoms with Crippen molar-refractivity contribution in [1.29, 1.82) is 0 Å². The van der Waals surface area contributed by atoms with E-state index in [1.54, 1.807) is 30.6 Å². The summed E-state index contributed by atoms with van der Waals surface area (Å²) in [5, 5.41) is 4.96. The van der Waals surface area contributed by atoms with Crippen LogP contribution in [-0.2, 0) is 13.1 Å². The van der Waals surface area contributed by atoms with E-state index >= 15 is 0 Å². The third-order valence-corrected chi connectivity index (χ3v) is 6.48. The second-order valence-electron chi connectivity index (χ2n) is 6.57. The number of methoxy groups -OCH3 is 1. The molecule has 0 atom stereocenters. The number of fused-ring (bicyclic) bond motifs is 1. The summed E-state index contributed by atoms with van der Waals surface area (Å²) < 4.78 is 22.4. The average Bonchev–Trinajstić information content (AvgIpc) is 3.28. The van der Waals surface area contributed by atoms with Crippen LogP contribution in [0.3, 0.4) is 0 Å². The molecule has 1 amide bonds. The number of hydrogen-bond acceptors (Lipinski definition) is 3. The minimum atomic E-state index is -0.294. The number of rotatable bonds is 6. The van der Waals surface area contributed by atoms with E-state index in [1.807, 2.05) is 40.3 Å². The Morgan fingerprint density at radius 1 is 1.17 bits per heavy atom. The molecule has 0 radical (unpaired) electrons. The fourth-order valence-corrected chi connectivity index (χ4v) is 4.91. The van der Waals surface area contributed by atoms with Crippen LogP contribution >= 0.6 is 27.3 Å². The highest BCUT2D eigenvalue weighted by atomic mass is 79.9. The van der Waals surface area contributed by atoms with E-state index < -0.39 is 0 Å². The molecular formula is C22H18BrFN2O2S. The number of carbonyl (C=O) groups is 1. The Hall–Kier alpha value is -2.64. The molecule has 7 heteroatoms. The predicted molar refractivity (Wildman–Crippen MR) is 117 cm³/mol. The molecule has 148 valence electrons. The maximum absolute atomic E-state index is 13.1. The first kappa shape index (κ1) is 19.7. The molecule has 4 rings (SSSR count). The number of benzene rings is 2. The van der Waals surface area contributed by atoms with Crippen LogP contribution in [0, 0.1) is 5.82 Å². The average molecular weight is 473 g/mol. The fourth-order valence-electron chi connectivity index (χ4n) is 3.21. The summed E-state index contributed by atoms with van der Waals surface area (Å²) >= 11 is 5.19. The van der Waals surface area contributed by atoms with E-state index in [0.717, 1.165) is 31.6 Å². The summed E-state index contributed by atoms with van der Waals surface area (Å²) in [5.41, 5.74) is 3.45. The Balaban J connectivity index is 1.63. The normalized spacial score (nSPS) is 11.0. The fraction of sp³-hybridized carbons (Fsp3) is 0.136. The molecule has 2 heterocycles. The second-order valence-corrected chi connectivity index (χ2v) is 8.34. The Labute approximate surface area is 180 Å². The van der Waals surface area contributed by atoms with Gasteiger partial charge in [0.2, 0.25) is 0 Å². The summed E-state index contributed by atoms with van der Waals surface area (Å²) in [6, 6.07) is 15.8. The number of amides is 1. The number of thiophene rings is 1. The zero-order chi connectivity index (χ0) is 20.4. The molecule has 0 aliphatic rings. The first-order valence-electron chi connectivity index (χ1n) is 8.97. The standard InChI is InChI=1S/C22H18BrFN2O2S/c1-28-17-4-2-3-15(9-17)12-26-19(10-20-21(26)18(23)13-29-20)22(27)25-11-14-5-7-16(24)8-6-14/h2-10,13H,11-12H2,1H3,(H,25,27). The zero-order valence-electron chi connectivity index (χ0n) is 15.6. The van der Waals surface area contributed by atoms with E-state index in [1.165, 1.54) is 12.1 Å². The van der Waals surface area contributed by atoms with Gasteiger partial charge in [-0.25, -0.2) is 4.39 Å². The van der Waals surface area contributed by atoms with Gasteiger partial charge >= 0.3 is 0 Å². The van der Waals surface area contributed by atoms with Crippen molar-refractivity contribution in [3.63, 3.8) is 0 Å². The molecule has 0 saturated carbocycles. The lowest BCUT2D eigenvalue weighted by Gasteiger charge is -2.12. The van der Waals surface area contributed by atoms with Crippen LogP contribution in [0.25, 0.3) is 10.2 Å². The summed E-state index contributed by atoms with van der Waals surface area (Å²) in [6.07, 6.45) is 0. The Bertz CT molecular complexity index is 1170. The van der Waals surface area contributed by atoms with Crippen LogP contribution < -0.4 is 10.1 Å². The topological polar surface area (TPSA) is 43.3 Å². The Kier molecular flexibility index (Phi) is 5.69. The van der Waals surface area contributed by atoms with Crippen molar-refractivity contribution in [2.24, 2.45) is 0 Å². The highest BCUT2D eigenvalue weighted by Crippen LogP contribution is 2.34. The van der Waals surface area contributed by atoms with E-state index in [-0.39, 0.29) is 11.7 Å². The van der Waals surface area contributed by atoms with E-state index in [9.17, 15) is 9.18 Å². The molecule has 0 bridgehead atoms. The van der Waals surface area contributed by atoms with Crippen molar-refractivity contribution in [3.05, 3.63) is 87.1 Å². The number of nitrogens with one attached hydrogen (secondary N) is 1.